The lowest BCUT2D eigenvalue weighted by Crippen LogP contribution is -1.86. The molecule has 0 saturated carbocycles. The molecule has 13 heavy (non-hydrogen) atoms. The fourth-order valence-corrected chi connectivity index (χ4v) is 0.922. The quantitative estimate of drug-likeness (QED) is 0.644. The molecule has 0 saturated heterocycles. The van der Waals surface area contributed by atoms with Gasteiger partial charge in [0.1, 0.15) is 6.61 Å². The minimum Gasteiger partial charge on any atom is -0.497 e. The third kappa shape index (κ3) is 4.33. The summed E-state index contributed by atoms with van der Waals surface area (Å²) >= 11 is 0. The molecule has 70 valence electrons. The van der Waals surface area contributed by atoms with E-state index in [0.717, 1.165) is 0 Å². The van der Waals surface area contributed by atoms with Crippen LogP contribution < -0.4 is 0 Å². The Kier molecular flexibility index (Phi) is 4.72. The molecule has 0 heterocycles. The maximum atomic E-state index is 5.26. The molecule has 1 aromatic carbocycles. The fourth-order valence-electron chi connectivity index (χ4n) is 0.922. The van der Waals surface area contributed by atoms with Crippen molar-refractivity contribution < 1.29 is 9.47 Å². The maximum Gasteiger partial charge on any atom is 0.112 e. The Morgan fingerprint density at radius 2 is 2.00 bits per heavy atom. The highest BCUT2D eigenvalue weighted by atomic mass is 16.5. The van der Waals surface area contributed by atoms with Gasteiger partial charge in [0.05, 0.1) is 12.9 Å². The highest BCUT2D eigenvalue weighted by Crippen LogP contribution is 2.00. The highest BCUT2D eigenvalue weighted by molar-refractivity contribution is 5.13. The van der Waals surface area contributed by atoms with Crippen molar-refractivity contribution in [2.75, 3.05) is 13.7 Å². The van der Waals surface area contributed by atoms with Crippen LogP contribution in [-0.4, -0.2) is 13.7 Å². The van der Waals surface area contributed by atoms with Gasteiger partial charge >= 0.3 is 0 Å². The minimum absolute atomic E-state index is 0.592. The molecule has 0 unspecified atom stereocenters. The molecular weight excluding hydrogens is 164 g/mol. The Bertz CT molecular complexity index is 242. The van der Waals surface area contributed by atoms with Gasteiger partial charge in [0.25, 0.3) is 0 Å². The van der Waals surface area contributed by atoms with Crippen molar-refractivity contribution in [1.29, 1.82) is 0 Å². The van der Waals surface area contributed by atoms with E-state index in [1.54, 1.807) is 13.4 Å². The van der Waals surface area contributed by atoms with Crippen LogP contribution in [0.3, 0.4) is 0 Å². The van der Waals surface area contributed by atoms with Crippen molar-refractivity contribution in [3.8, 4) is 0 Å². The summed E-state index contributed by atoms with van der Waals surface area (Å²) in [5, 5.41) is 0. The lowest BCUT2D eigenvalue weighted by Gasteiger charge is -1.99. The Morgan fingerprint density at radius 1 is 1.23 bits per heavy atom. The zero-order chi connectivity index (χ0) is 9.36. The van der Waals surface area contributed by atoms with Crippen LogP contribution in [0.25, 0.3) is 0 Å². The smallest absolute Gasteiger partial charge is 0.112 e. The fraction of sp³-hybridized carbons (Fsp3) is 0.273. The van der Waals surface area contributed by atoms with E-state index >= 15 is 0 Å². The van der Waals surface area contributed by atoms with Crippen molar-refractivity contribution in [2.45, 2.75) is 6.61 Å². The molecule has 0 aliphatic heterocycles. The Hall–Kier alpha value is -1.28. The summed E-state index contributed by atoms with van der Waals surface area (Å²) < 4.78 is 10.1. The van der Waals surface area contributed by atoms with Gasteiger partial charge < -0.3 is 9.47 Å². The van der Waals surface area contributed by atoms with Gasteiger partial charge in [-0.25, -0.2) is 0 Å². The Labute approximate surface area is 78.8 Å². The van der Waals surface area contributed by atoms with Gasteiger partial charge in [-0.15, -0.1) is 0 Å². The van der Waals surface area contributed by atoms with Gasteiger partial charge in [-0.2, -0.15) is 0 Å². The molecule has 0 atom stereocenters. The predicted octanol–water partition coefficient (Wildman–Crippen LogP) is 2.36. The van der Waals surface area contributed by atoms with Crippen molar-refractivity contribution in [3.63, 3.8) is 0 Å². The molecule has 2 heteroatoms. The van der Waals surface area contributed by atoms with Crippen molar-refractivity contribution in [2.24, 2.45) is 0 Å². The lowest BCUT2D eigenvalue weighted by atomic mass is 10.2. The Morgan fingerprint density at radius 3 is 2.69 bits per heavy atom. The van der Waals surface area contributed by atoms with Gasteiger partial charge in [-0.1, -0.05) is 30.3 Å². The molecule has 0 bridgehead atoms. The standard InChI is InChI=1S/C11H14O2/c1-12-8-5-9-13-10-11-6-3-2-4-7-11/h2-7,9H,8,10H2,1H3/b9-5+. The summed E-state index contributed by atoms with van der Waals surface area (Å²) in [4.78, 5) is 0. The van der Waals surface area contributed by atoms with E-state index in [4.69, 9.17) is 9.47 Å². The number of benzene rings is 1. The number of rotatable bonds is 5. The van der Waals surface area contributed by atoms with Gasteiger partial charge in [0.15, 0.2) is 0 Å². The van der Waals surface area contributed by atoms with Crippen LogP contribution >= 0.6 is 0 Å². The van der Waals surface area contributed by atoms with Crippen molar-refractivity contribution in [1.82, 2.24) is 0 Å². The molecule has 2 nitrogen and oxygen atoms in total. The molecule has 0 fully saturated rings. The van der Waals surface area contributed by atoms with Crippen LogP contribution in [0, 0.1) is 0 Å². The largest absolute Gasteiger partial charge is 0.497 e. The average Bonchev–Trinajstić information content (AvgIpc) is 2.19. The molecule has 1 aromatic rings. The van der Waals surface area contributed by atoms with E-state index < -0.39 is 0 Å². The second-order valence-electron chi connectivity index (χ2n) is 2.62. The van der Waals surface area contributed by atoms with Gasteiger partial charge in [-0.3, -0.25) is 0 Å². The molecule has 1 rings (SSSR count). The third-order valence-electron chi connectivity index (χ3n) is 1.55. The van der Waals surface area contributed by atoms with Crippen molar-refractivity contribution in [3.05, 3.63) is 48.2 Å². The highest BCUT2D eigenvalue weighted by Gasteiger charge is 1.87. The molecule has 0 radical (unpaired) electrons. The second kappa shape index (κ2) is 6.26. The molecular formula is C11H14O2. The SMILES string of the molecule is COC/C=C/OCc1ccccc1. The minimum atomic E-state index is 0.592. The van der Waals surface area contributed by atoms with Gasteiger partial charge in [-0.05, 0) is 11.6 Å². The van der Waals surface area contributed by atoms with E-state index in [1.807, 2.05) is 36.4 Å². The predicted molar refractivity (Wildman–Crippen MR) is 52.2 cm³/mol. The zero-order valence-corrected chi connectivity index (χ0v) is 7.77. The summed E-state index contributed by atoms with van der Waals surface area (Å²) in [5.41, 5.74) is 1.17. The van der Waals surface area contributed by atoms with Crippen LogP contribution in [0.4, 0.5) is 0 Å². The first-order valence-corrected chi connectivity index (χ1v) is 4.23. The van der Waals surface area contributed by atoms with Gasteiger partial charge in [0, 0.05) is 7.11 Å². The average molecular weight is 178 g/mol. The lowest BCUT2D eigenvalue weighted by molar-refractivity contribution is 0.213. The first-order valence-electron chi connectivity index (χ1n) is 4.23. The van der Waals surface area contributed by atoms with Crippen LogP contribution in [-0.2, 0) is 16.1 Å². The topological polar surface area (TPSA) is 18.5 Å². The molecule has 0 amide bonds. The number of ether oxygens (including phenoxy) is 2. The third-order valence-corrected chi connectivity index (χ3v) is 1.55. The summed E-state index contributed by atoms with van der Waals surface area (Å²) in [6.45, 7) is 1.20. The Balaban J connectivity index is 2.20. The summed E-state index contributed by atoms with van der Waals surface area (Å²) in [6.07, 6.45) is 3.50. The summed E-state index contributed by atoms with van der Waals surface area (Å²) in [6, 6.07) is 10.0. The van der Waals surface area contributed by atoms with Gasteiger partial charge in [0.2, 0.25) is 0 Å². The van der Waals surface area contributed by atoms with Crippen LogP contribution in [0.1, 0.15) is 5.56 Å². The van der Waals surface area contributed by atoms with E-state index in [1.165, 1.54) is 5.56 Å². The molecule has 0 aliphatic carbocycles. The van der Waals surface area contributed by atoms with Crippen LogP contribution in [0.15, 0.2) is 42.7 Å². The zero-order valence-electron chi connectivity index (χ0n) is 7.77. The van der Waals surface area contributed by atoms with E-state index in [2.05, 4.69) is 0 Å². The molecule has 0 N–H and O–H groups in total. The van der Waals surface area contributed by atoms with Crippen LogP contribution in [0.2, 0.25) is 0 Å². The van der Waals surface area contributed by atoms with E-state index in [0.29, 0.717) is 13.2 Å². The summed E-state index contributed by atoms with van der Waals surface area (Å²) in [7, 11) is 1.65. The number of hydrogen-bond donors (Lipinski definition) is 0. The second-order valence-corrected chi connectivity index (χ2v) is 2.62. The number of hydrogen-bond acceptors (Lipinski definition) is 2. The maximum absolute atomic E-state index is 5.26. The molecule has 0 aromatic heterocycles. The monoisotopic (exact) mass is 178 g/mol. The first-order chi connectivity index (χ1) is 6.43. The normalized spacial score (nSPS) is 10.5. The number of methoxy groups -OCH3 is 1. The van der Waals surface area contributed by atoms with E-state index in [9.17, 15) is 0 Å². The van der Waals surface area contributed by atoms with Crippen LogP contribution in [0.5, 0.6) is 0 Å². The van der Waals surface area contributed by atoms with E-state index in [-0.39, 0.29) is 0 Å². The summed E-state index contributed by atoms with van der Waals surface area (Å²) in [5.74, 6) is 0. The molecule has 0 spiro atoms. The van der Waals surface area contributed by atoms with Crippen molar-refractivity contribution >= 4 is 0 Å². The molecule has 0 aliphatic rings. The first kappa shape index (κ1) is 9.81.